The van der Waals surface area contributed by atoms with E-state index in [2.05, 4.69) is 10.5 Å². The third-order valence-electron chi connectivity index (χ3n) is 7.37. The average Bonchev–Trinajstić information content (AvgIpc) is 3.68. The normalized spacial score (nSPS) is 14.8. The van der Waals surface area contributed by atoms with Gasteiger partial charge in [-0.25, -0.2) is 4.79 Å². The number of nitrogens with one attached hydrogen (secondary N) is 1. The molecule has 0 radical (unpaired) electrons. The van der Waals surface area contributed by atoms with Crippen LogP contribution in [0.15, 0.2) is 77.3 Å². The molecule has 7 nitrogen and oxygen atoms in total. The number of benzene rings is 3. The van der Waals surface area contributed by atoms with E-state index in [0.29, 0.717) is 42.0 Å². The highest BCUT2D eigenvalue weighted by atomic mass is 19.4. The standard InChI is InChI=1S/C31H27F3N2O5/c1-3-25-26(35-29(39)40-18(2)22-5-4-6-24(17-22)31(32,33)34)27(41-36-25)21-9-7-19(8-10-21)20-11-13-23(14-12-20)30(15-16-30)28(37)38/h4-14,17-18H,3,15-16H2,1-2H3,(H,35,39)(H,37,38). The molecule has 1 aliphatic carbocycles. The molecule has 1 aromatic heterocycles. The second-order valence-electron chi connectivity index (χ2n) is 10.0. The number of aryl methyl sites for hydroxylation is 1. The monoisotopic (exact) mass is 564 g/mol. The largest absolute Gasteiger partial charge is 0.481 e. The van der Waals surface area contributed by atoms with Gasteiger partial charge in [-0.2, -0.15) is 13.2 Å². The molecule has 1 unspecified atom stereocenters. The summed E-state index contributed by atoms with van der Waals surface area (Å²) in [5.74, 6) is -0.490. The third kappa shape index (κ3) is 5.68. The van der Waals surface area contributed by atoms with Crippen molar-refractivity contribution in [3.05, 3.63) is 95.2 Å². The minimum absolute atomic E-state index is 0.204. The van der Waals surface area contributed by atoms with Gasteiger partial charge in [0.05, 0.1) is 11.0 Å². The Morgan fingerprint density at radius 3 is 2.20 bits per heavy atom. The van der Waals surface area contributed by atoms with Gasteiger partial charge in [-0.15, -0.1) is 0 Å². The van der Waals surface area contributed by atoms with Crippen molar-refractivity contribution < 1.29 is 37.1 Å². The first kappa shape index (κ1) is 27.9. The summed E-state index contributed by atoms with van der Waals surface area (Å²) >= 11 is 0. The number of ether oxygens (including phenoxy) is 1. The molecule has 1 atom stereocenters. The summed E-state index contributed by atoms with van der Waals surface area (Å²) in [5, 5.41) is 16.2. The van der Waals surface area contributed by atoms with Crippen molar-refractivity contribution in [1.29, 1.82) is 0 Å². The molecule has 1 heterocycles. The predicted octanol–water partition coefficient (Wildman–Crippen LogP) is 8.02. The zero-order chi connectivity index (χ0) is 29.4. The molecule has 3 aromatic carbocycles. The van der Waals surface area contributed by atoms with Gasteiger partial charge in [0.2, 0.25) is 0 Å². The quantitative estimate of drug-likeness (QED) is 0.225. The van der Waals surface area contributed by atoms with Crippen LogP contribution >= 0.6 is 0 Å². The zero-order valence-electron chi connectivity index (χ0n) is 22.3. The van der Waals surface area contributed by atoms with Crippen LogP contribution in [0, 0.1) is 0 Å². The highest BCUT2D eigenvalue weighted by molar-refractivity contribution is 5.91. The molecular weight excluding hydrogens is 537 g/mol. The van der Waals surface area contributed by atoms with Crippen molar-refractivity contribution in [3.63, 3.8) is 0 Å². The van der Waals surface area contributed by atoms with Gasteiger partial charge >= 0.3 is 18.2 Å². The van der Waals surface area contributed by atoms with Crippen molar-refractivity contribution in [2.75, 3.05) is 5.32 Å². The Labute approximate surface area is 233 Å². The molecule has 0 spiro atoms. The maximum absolute atomic E-state index is 13.1. The number of hydrogen-bond donors (Lipinski definition) is 2. The topological polar surface area (TPSA) is 102 Å². The molecule has 0 aliphatic heterocycles. The lowest BCUT2D eigenvalue weighted by molar-refractivity contribution is -0.140. The third-order valence-corrected chi connectivity index (χ3v) is 7.37. The van der Waals surface area contributed by atoms with Crippen LogP contribution in [-0.2, 0) is 27.5 Å². The first-order valence-corrected chi connectivity index (χ1v) is 13.1. The minimum Gasteiger partial charge on any atom is -0.481 e. The first-order valence-electron chi connectivity index (χ1n) is 13.1. The summed E-state index contributed by atoms with van der Waals surface area (Å²) < 4.78 is 50.2. The van der Waals surface area contributed by atoms with E-state index in [4.69, 9.17) is 9.26 Å². The van der Waals surface area contributed by atoms with Crippen LogP contribution in [0.5, 0.6) is 0 Å². The number of carbonyl (C=O) groups is 2. The Morgan fingerprint density at radius 1 is 1.02 bits per heavy atom. The zero-order valence-corrected chi connectivity index (χ0v) is 22.3. The Bertz CT molecular complexity index is 1570. The molecule has 1 amide bonds. The van der Waals surface area contributed by atoms with Crippen molar-refractivity contribution in [2.45, 2.75) is 50.8 Å². The number of carbonyl (C=O) groups excluding carboxylic acids is 1. The van der Waals surface area contributed by atoms with E-state index in [1.165, 1.54) is 19.1 Å². The molecule has 5 rings (SSSR count). The molecule has 2 N–H and O–H groups in total. The Kier molecular flexibility index (Phi) is 7.33. The highest BCUT2D eigenvalue weighted by Crippen LogP contribution is 2.48. The van der Waals surface area contributed by atoms with Gasteiger partial charge < -0.3 is 14.4 Å². The lowest BCUT2D eigenvalue weighted by atomic mass is 9.93. The number of aromatic nitrogens is 1. The van der Waals surface area contributed by atoms with Crippen LogP contribution in [0.3, 0.4) is 0 Å². The fourth-order valence-corrected chi connectivity index (χ4v) is 4.77. The SMILES string of the molecule is CCc1noc(-c2ccc(-c3ccc(C4(C(=O)O)CC4)cc3)cc2)c1NC(=O)OC(C)c1cccc(C(F)(F)F)c1. The van der Waals surface area contributed by atoms with Gasteiger partial charge in [0.15, 0.2) is 5.76 Å². The number of anilines is 1. The van der Waals surface area contributed by atoms with E-state index >= 15 is 0 Å². The summed E-state index contributed by atoms with van der Waals surface area (Å²) in [7, 11) is 0. The molecule has 0 bridgehead atoms. The van der Waals surface area contributed by atoms with Gasteiger partial charge in [0, 0.05) is 5.56 Å². The lowest BCUT2D eigenvalue weighted by Crippen LogP contribution is -2.19. The number of rotatable bonds is 8. The van der Waals surface area contributed by atoms with Crippen molar-refractivity contribution in [1.82, 2.24) is 5.16 Å². The summed E-state index contributed by atoms with van der Waals surface area (Å²) in [6.07, 6.45) is -4.58. The molecule has 10 heteroatoms. The van der Waals surface area contributed by atoms with Gasteiger partial charge in [0.25, 0.3) is 0 Å². The Hall–Kier alpha value is -4.60. The van der Waals surface area contributed by atoms with Crippen LogP contribution in [0.25, 0.3) is 22.5 Å². The number of amides is 1. The van der Waals surface area contributed by atoms with Gasteiger partial charge in [-0.1, -0.05) is 72.7 Å². The van der Waals surface area contributed by atoms with Crippen LogP contribution in [0.2, 0.25) is 0 Å². The van der Waals surface area contributed by atoms with Gasteiger partial charge in [-0.3, -0.25) is 10.1 Å². The maximum Gasteiger partial charge on any atom is 0.416 e. The molecule has 0 saturated heterocycles. The summed E-state index contributed by atoms with van der Waals surface area (Å²) in [4.78, 5) is 24.4. The number of nitrogens with zero attached hydrogens (tertiary/aromatic N) is 1. The summed E-state index contributed by atoms with van der Waals surface area (Å²) in [6, 6.07) is 19.5. The van der Waals surface area contributed by atoms with Crippen molar-refractivity contribution in [2.24, 2.45) is 0 Å². The van der Waals surface area contributed by atoms with E-state index in [1.54, 1.807) is 0 Å². The van der Waals surface area contributed by atoms with Crippen LogP contribution in [0.4, 0.5) is 23.7 Å². The molecule has 1 saturated carbocycles. The maximum atomic E-state index is 13.1. The second kappa shape index (κ2) is 10.8. The molecular formula is C31H27F3N2O5. The fraction of sp³-hybridized carbons (Fsp3) is 0.258. The second-order valence-corrected chi connectivity index (χ2v) is 10.0. The Balaban J connectivity index is 1.31. The number of aliphatic carboxylic acids is 1. The first-order chi connectivity index (χ1) is 19.5. The van der Waals surface area contributed by atoms with Gasteiger partial charge in [-0.05, 0) is 60.6 Å². The summed E-state index contributed by atoms with van der Waals surface area (Å²) in [6.45, 7) is 3.33. The number of carboxylic acid groups (broad SMARTS) is 1. The van der Waals surface area contributed by atoms with Crippen LogP contribution < -0.4 is 5.32 Å². The number of alkyl halides is 3. The highest BCUT2D eigenvalue weighted by Gasteiger charge is 2.51. The van der Waals surface area contributed by atoms with E-state index in [9.17, 15) is 27.9 Å². The predicted molar refractivity (Wildman–Crippen MR) is 145 cm³/mol. The number of halogens is 3. The van der Waals surface area contributed by atoms with Crippen LogP contribution in [0.1, 0.15) is 55.2 Å². The van der Waals surface area contributed by atoms with Crippen molar-refractivity contribution in [3.8, 4) is 22.5 Å². The average molecular weight is 565 g/mol. The molecule has 41 heavy (non-hydrogen) atoms. The Morgan fingerprint density at radius 2 is 1.63 bits per heavy atom. The van der Waals surface area contributed by atoms with Gasteiger partial charge in [0.1, 0.15) is 17.5 Å². The molecule has 1 aliphatic rings. The molecule has 212 valence electrons. The van der Waals surface area contributed by atoms with Crippen molar-refractivity contribution >= 4 is 17.7 Å². The minimum atomic E-state index is -4.51. The number of hydrogen-bond acceptors (Lipinski definition) is 5. The van der Waals surface area contributed by atoms with E-state index < -0.39 is 35.3 Å². The molecule has 4 aromatic rings. The number of carboxylic acids is 1. The molecule has 1 fully saturated rings. The summed E-state index contributed by atoms with van der Waals surface area (Å²) in [5.41, 5.74) is 2.66. The fourth-order valence-electron chi connectivity index (χ4n) is 4.77. The van der Waals surface area contributed by atoms with E-state index in [1.807, 2.05) is 55.5 Å². The van der Waals surface area contributed by atoms with E-state index in [0.717, 1.165) is 28.8 Å². The van der Waals surface area contributed by atoms with E-state index in [-0.39, 0.29) is 5.56 Å². The lowest BCUT2D eigenvalue weighted by Gasteiger charge is -2.16. The smallest absolute Gasteiger partial charge is 0.416 e. The van der Waals surface area contributed by atoms with Crippen LogP contribution in [-0.4, -0.2) is 22.3 Å².